The van der Waals surface area contributed by atoms with Crippen molar-refractivity contribution in [2.24, 2.45) is 0 Å². The zero-order chi connectivity index (χ0) is 17.0. The van der Waals surface area contributed by atoms with Gasteiger partial charge in [-0.1, -0.05) is 12.1 Å². The number of aryl methyl sites for hydroxylation is 1. The number of hydrogen-bond donors (Lipinski definition) is 1. The molecule has 0 fully saturated rings. The molecule has 0 spiro atoms. The van der Waals surface area contributed by atoms with E-state index in [-0.39, 0.29) is 23.3 Å². The molecule has 1 aromatic carbocycles. The number of sulfonamides is 1. The van der Waals surface area contributed by atoms with Gasteiger partial charge in [0, 0.05) is 14.1 Å². The van der Waals surface area contributed by atoms with Crippen LogP contribution in [0.2, 0.25) is 0 Å². The van der Waals surface area contributed by atoms with Gasteiger partial charge < -0.3 is 9.64 Å². The van der Waals surface area contributed by atoms with Gasteiger partial charge in [0.2, 0.25) is 16.0 Å². The van der Waals surface area contributed by atoms with Gasteiger partial charge in [-0.3, -0.25) is 0 Å². The first-order valence-electron chi connectivity index (χ1n) is 6.84. The predicted molar refractivity (Wildman–Crippen MR) is 85.9 cm³/mol. The largest absolute Gasteiger partial charge is 0.467 e. The average molecular weight is 337 g/mol. The van der Waals surface area contributed by atoms with E-state index < -0.39 is 10.0 Å². The summed E-state index contributed by atoms with van der Waals surface area (Å²) >= 11 is 0. The lowest BCUT2D eigenvalue weighted by Crippen LogP contribution is -2.25. The van der Waals surface area contributed by atoms with Crippen molar-refractivity contribution in [1.29, 1.82) is 0 Å². The Hall–Kier alpha value is -2.26. The molecule has 0 amide bonds. The van der Waals surface area contributed by atoms with Gasteiger partial charge in [-0.2, -0.15) is 15.0 Å². The molecule has 2 rings (SSSR count). The first-order valence-corrected chi connectivity index (χ1v) is 8.33. The number of aromatic nitrogens is 3. The van der Waals surface area contributed by atoms with Gasteiger partial charge in [0.15, 0.2) is 5.82 Å². The lowest BCUT2D eigenvalue weighted by molar-refractivity contribution is 0.375. The summed E-state index contributed by atoms with van der Waals surface area (Å²) in [5.41, 5.74) is 0.865. The van der Waals surface area contributed by atoms with Gasteiger partial charge in [-0.25, -0.2) is 13.1 Å². The van der Waals surface area contributed by atoms with Gasteiger partial charge in [-0.15, -0.1) is 0 Å². The van der Waals surface area contributed by atoms with E-state index in [2.05, 4.69) is 19.7 Å². The number of methoxy groups -OCH3 is 1. The predicted octanol–water partition coefficient (Wildman–Crippen LogP) is 0.733. The van der Waals surface area contributed by atoms with E-state index in [0.29, 0.717) is 5.95 Å². The zero-order valence-corrected chi connectivity index (χ0v) is 14.3. The number of anilines is 1. The fourth-order valence-corrected chi connectivity index (χ4v) is 2.87. The normalized spacial score (nSPS) is 11.3. The molecule has 1 aromatic heterocycles. The maximum Gasteiger partial charge on any atom is 0.321 e. The Bertz CT molecular complexity index is 793. The summed E-state index contributed by atoms with van der Waals surface area (Å²) in [6.07, 6.45) is 0. The Morgan fingerprint density at radius 2 is 1.96 bits per heavy atom. The lowest BCUT2D eigenvalue weighted by Gasteiger charge is -2.12. The molecular weight excluding hydrogens is 318 g/mol. The van der Waals surface area contributed by atoms with Crippen LogP contribution in [0.15, 0.2) is 29.2 Å². The van der Waals surface area contributed by atoms with Crippen molar-refractivity contribution in [1.82, 2.24) is 19.7 Å². The van der Waals surface area contributed by atoms with E-state index in [9.17, 15) is 8.42 Å². The molecular formula is C14H19N5O3S. The van der Waals surface area contributed by atoms with Crippen LogP contribution < -0.4 is 14.4 Å². The zero-order valence-electron chi connectivity index (χ0n) is 13.4. The van der Waals surface area contributed by atoms with Crippen LogP contribution in [0.4, 0.5) is 5.95 Å². The maximum absolute atomic E-state index is 12.3. The van der Waals surface area contributed by atoms with Crippen molar-refractivity contribution < 1.29 is 13.2 Å². The fraction of sp³-hybridized carbons (Fsp3) is 0.357. The molecule has 1 N–H and O–H groups in total. The van der Waals surface area contributed by atoms with Gasteiger partial charge >= 0.3 is 6.01 Å². The molecule has 2 aromatic rings. The minimum atomic E-state index is -3.64. The molecule has 0 unspecified atom stereocenters. The summed E-state index contributed by atoms with van der Waals surface area (Å²) in [5, 5.41) is 0. The Labute approximate surface area is 135 Å². The van der Waals surface area contributed by atoms with Crippen LogP contribution in [0.25, 0.3) is 0 Å². The summed E-state index contributed by atoms with van der Waals surface area (Å²) in [6, 6.07) is 6.79. The van der Waals surface area contributed by atoms with Crippen LogP contribution in [0.1, 0.15) is 11.4 Å². The standard InChI is InChI=1S/C14H19N5O3S/c1-10-6-5-7-11(8-10)23(20,21)15-9-12-16-13(19(2)3)18-14(17-12)22-4/h5-8,15H,9H2,1-4H3. The smallest absolute Gasteiger partial charge is 0.321 e. The number of ether oxygens (including phenoxy) is 1. The van der Waals surface area contributed by atoms with Crippen LogP contribution in [0.5, 0.6) is 6.01 Å². The van der Waals surface area contributed by atoms with Crippen molar-refractivity contribution in [3.05, 3.63) is 35.7 Å². The number of hydrogen-bond acceptors (Lipinski definition) is 7. The molecule has 0 atom stereocenters. The van der Waals surface area contributed by atoms with E-state index in [1.165, 1.54) is 13.2 Å². The first kappa shape index (κ1) is 17.1. The van der Waals surface area contributed by atoms with Gasteiger partial charge in [0.05, 0.1) is 18.6 Å². The van der Waals surface area contributed by atoms with Crippen molar-refractivity contribution in [2.75, 3.05) is 26.1 Å². The quantitative estimate of drug-likeness (QED) is 0.830. The second-order valence-corrected chi connectivity index (χ2v) is 6.84. The SMILES string of the molecule is COc1nc(CNS(=O)(=O)c2cccc(C)c2)nc(N(C)C)n1. The summed E-state index contributed by atoms with van der Waals surface area (Å²) in [5.74, 6) is 0.665. The molecule has 0 bridgehead atoms. The molecule has 0 aliphatic rings. The Balaban J connectivity index is 2.21. The van der Waals surface area contributed by atoms with Crippen LogP contribution >= 0.6 is 0 Å². The molecule has 1 heterocycles. The molecule has 0 radical (unpaired) electrons. The first-order chi connectivity index (χ1) is 10.8. The second-order valence-electron chi connectivity index (χ2n) is 5.07. The monoisotopic (exact) mass is 337 g/mol. The summed E-state index contributed by atoms with van der Waals surface area (Å²) in [4.78, 5) is 14.2. The summed E-state index contributed by atoms with van der Waals surface area (Å²) in [7, 11) is 1.35. The highest BCUT2D eigenvalue weighted by Gasteiger charge is 2.16. The maximum atomic E-state index is 12.3. The lowest BCUT2D eigenvalue weighted by atomic mass is 10.2. The molecule has 0 aliphatic carbocycles. The van der Waals surface area contributed by atoms with Crippen molar-refractivity contribution >= 4 is 16.0 Å². The van der Waals surface area contributed by atoms with Gasteiger partial charge in [0.25, 0.3) is 0 Å². The third kappa shape index (κ3) is 4.36. The van der Waals surface area contributed by atoms with E-state index in [4.69, 9.17) is 4.74 Å². The van der Waals surface area contributed by atoms with Crippen molar-refractivity contribution in [2.45, 2.75) is 18.4 Å². The van der Waals surface area contributed by atoms with Gasteiger partial charge in [0.1, 0.15) is 0 Å². The van der Waals surface area contributed by atoms with Crippen molar-refractivity contribution in [3.63, 3.8) is 0 Å². The van der Waals surface area contributed by atoms with Gasteiger partial charge in [-0.05, 0) is 24.6 Å². The third-order valence-electron chi connectivity index (χ3n) is 2.95. The minimum Gasteiger partial charge on any atom is -0.467 e. The summed E-state index contributed by atoms with van der Waals surface area (Å²) in [6.45, 7) is 1.77. The number of nitrogens with one attached hydrogen (secondary N) is 1. The van der Waals surface area contributed by atoms with E-state index >= 15 is 0 Å². The van der Waals surface area contributed by atoms with Crippen molar-refractivity contribution in [3.8, 4) is 6.01 Å². The highest BCUT2D eigenvalue weighted by molar-refractivity contribution is 7.89. The molecule has 124 valence electrons. The second kappa shape index (κ2) is 6.88. The molecule has 0 saturated heterocycles. The Kier molecular flexibility index (Phi) is 5.12. The van der Waals surface area contributed by atoms with Crippen LogP contribution in [0.3, 0.4) is 0 Å². The number of rotatable bonds is 6. The minimum absolute atomic E-state index is 0.0595. The Morgan fingerprint density at radius 3 is 2.57 bits per heavy atom. The highest BCUT2D eigenvalue weighted by atomic mass is 32.2. The van der Waals surface area contributed by atoms with E-state index in [0.717, 1.165) is 5.56 Å². The summed E-state index contributed by atoms with van der Waals surface area (Å²) < 4.78 is 32.1. The molecule has 9 heteroatoms. The fourth-order valence-electron chi connectivity index (χ4n) is 1.78. The van der Waals surface area contributed by atoms with Crippen LogP contribution in [0, 0.1) is 6.92 Å². The topological polar surface area (TPSA) is 97.3 Å². The average Bonchev–Trinajstić information content (AvgIpc) is 2.52. The molecule has 23 heavy (non-hydrogen) atoms. The van der Waals surface area contributed by atoms with Crippen LogP contribution in [-0.4, -0.2) is 44.6 Å². The highest BCUT2D eigenvalue weighted by Crippen LogP contribution is 2.13. The van der Waals surface area contributed by atoms with E-state index in [1.807, 2.05) is 13.0 Å². The molecule has 0 saturated carbocycles. The van der Waals surface area contributed by atoms with E-state index in [1.54, 1.807) is 31.1 Å². The number of nitrogens with zero attached hydrogens (tertiary/aromatic N) is 4. The van der Waals surface area contributed by atoms with Crippen LogP contribution in [-0.2, 0) is 16.6 Å². The molecule has 8 nitrogen and oxygen atoms in total. The number of benzene rings is 1. The third-order valence-corrected chi connectivity index (χ3v) is 4.35. The Morgan fingerprint density at radius 1 is 1.22 bits per heavy atom. The molecule has 0 aliphatic heterocycles.